The minimum Gasteiger partial charge on any atom is -0.283 e. The second kappa shape index (κ2) is 7.66. The zero-order valence-corrected chi connectivity index (χ0v) is 15.8. The maximum Gasteiger partial charge on any atom is 0.416 e. The van der Waals surface area contributed by atoms with Gasteiger partial charge in [0.15, 0.2) is 0 Å². The second-order valence-electron chi connectivity index (χ2n) is 6.42. The zero-order chi connectivity index (χ0) is 19.6. The molecule has 0 radical (unpaired) electrons. The van der Waals surface area contributed by atoms with Crippen molar-refractivity contribution in [3.05, 3.63) is 76.3 Å². The quantitative estimate of drug-likeness (QED) is 0.582. The first-order chi connectivity index (χ1) is 12.8. The Kier molecular flexibility index (Phi) is 5.48. The molecule has 0 unspecified atom stereocenters. The van der Waals surface area contributed by atoms with Crippen LogP contribution in [0.15, 0.2) is 54.9 Å². The highest BCUT2D eigenvalue weighted by molar-refractivity contribution is 7.71. The van der Waals surface area contributed by atoms with Gasteiger partial charge in [-0.15, -0.1) is 0 Å². The largest absolute Gasteiger partial charge is 0.416 e. The Morgan fingerprint density at radius 1 is 1.07 bits per heavy atom. The molecule has 142 valence electrons. The Morgan fingerprint density at radius 2 is 1.74 bits per heavy atom. The maximum absolute atomic E-state index is 12.6. The van der Waals surface area contributed by atoms with Crippen LogP contribution in [0.5, 0.6) is 0 Å². The van der Waals surface area contributed by atoms with E-state index in [1.165, 1.54) is 12.1 Å². The molecule has 0 N–H and O–H groups in total. The predicted molar refractivity (Wildman–Crippen MR) is 100 cm³/mol. The van der Waals surface area contributed by atoms with Crippen LogP contribution in [0.3, 0.4) is 0 Å². The fourth-order valence-corrected chi connectivity index (χ4v) is 3.07. The third-order valence-electron chi connectivity index (χ3n) is 4.22. The lowest BCUT2D eigenvalue weighted by molar-refractivity contribution is -0.137. The lowest BCUT2D eigenvalue weighted by atomic mass is 10.1. The van der Waals surface area contributed by atoms with Gasteiger partial charge < -0.3 is 0 Å². The lowest BCUT2D eigenvalue weighted by Gasteiger charge is -2.17. The van der Waals surface area contributed by atoms with Crippen molar-refractivity contribution in [3.63, 3.8) is 0 Å². The molecule has 0 amide bonds. The number of aryl methyl sites for hydroxylation is 1. The summed E-state index contributed by atoms with van der Waals surface area (Å²) in [7, 11) is 1.87. The molecule has 1 aromatic heterocycles. The first-order valence-electron chi connectivity index (χ1n) is 8.31. The molecule has 3 aromatic rings. The van der Waals surface area contributed by atoms with Crippen LogP contribution in [0.4, 0.5) is 13.2 Å². The van der Waals surface area contributed by atoms with Crippen LogP contribution in [0.25, 0.3) is 5.69 Å². The third kappa shape index (κ3) is 4.45. The Morgan fingerprint density at radius 3 is 2.37 bits per heavy atom. The third-order valence-corrected chi connectivity index (χ3v) is 4.62. The van der Waals surface area contributed by atoms with Gasteiger partial charge in [0.2, 0.25) is 4.77 Å². The van der Waals surface area contributed by atoms with Gasteiger partial charge in [-0.25, -0.2) is 4.68 Å². The van der Waals surface area contributed by atoms with Gasteiger partial charge in [0, 0.05) is 6.54 Å². The molecule has 0 atom stereocenters. The molecule has 2 aromatic carbocycles. The molecule has 0 aliphatic carbocycles. The van der Waals surface area contributed by atoms with E-state index in [9.17, 15) is 13.2 Å². The molecule has 0 bridgehead atoms. The van der Waals surface area contributed by atoms with Gasteiger partial charge in [-0.2, -0.15) is 18.3 Å². The van der Waals surface area contributed by atoms with Gasteiger partial charge in [0.25, 0.3) is 0 Å². The van der Waals surface area contributed by atoms with E-state index in [2.05, 4.69) is 5.10 Å². The summed E-state index contributed by atoms with van der Waals surface area (Å²) in [5.74, 6) is 0. The molecule has 0 aliphatic rings. The van der Waals surface area contributed by atoms with Crippen molar-refractivity contribution < 1.29 is 13.2 Å². The van der Waals surface area contributed by atoms with Crippen LogP contribution < -0.4 is 0 Å². The molecular formula is C19H19F3N4S. The van der Waals surface area contributed by atoms with Crippen LogP contribution in [0.2, 0.25) is 0 Å². The Labute approximate surface area is 160 Å². The molecule has 8 heteroatoms. The maximum atomic E-state index is 12.6. The van der Waals surface area contributed by atoms with Gasteiger partial charge in [-0.05, 0) is 55.5 Å². The summed E-state index contributed by atoms with van der Waals surface area (Å²) in [5.41, 5.74) is 2.20. The molecule has 0 saturated heterocycles. The summed E-state index contributed by atoms with van der Waals surface area (Å²) in [6, 6.07) is 13.1. The molecule has 4 nitrogen and oxygen atoms in total. The number of hydrogen-bond acceptors (Lipinski definition) is 3. The van der Waals surface area contributed by atoms with Gasteiger partial charge in [0.05, 0.1) is 17.9 Å². The number of hydrogen-bond donors (Lipinski definition) is 0. The van der Waals surface area contributed by atoms with E-state index in [0.717, 1.165) is 28.9 Å². The zero-order valence-electron chi connectivity index (χ0n) is 14.9. The second-order valence-corrected chi connectivity index (χ2v) is 6.78. The lowest BCUT2D eigenvalue weighted by Crippen LogP contribution is -2.22. The number of aromatic nitrogens is 3. The van der Waals surface area contributed by atoms with Crippen LogP contribution >= 0.6 is 12.2 Å². The average Bonchev–Trinajstić information content (AvgIpc) is 2.95. The molecule has 3 rings (SSSR count). The van der Waals surface area contributed by atoms with Crippen LogP contribution in [-0.2, 0) is 19.4 Å². The number of rotatable bonds is 5. The number of benzene rings is 2. The van der Waals surface area contributed by atoms with E-state index in [4.69, 9.17) is 12.2 Å². The van der Waals surface area contributed by atoms with Gasteiger partial charge >= 0.3 is 6.18 Å². The highest BCUT2D eigenvalue weighted by Crippen LogP contribution is 2.29. The molecule has 0 saturated carbocycles. The van der Waals surface area contributed by atoms with E-state index >= 15 is 0 Å². The predicted octanol–water partition coefficient (Wildman–Crippen LogP) is 4.82. The van der Waals surface area contributed by atoms with Crippen molar-refractivity contribution in [1.82, 2.24) is 19.2 Å². The van der Waals surface area contributed by atoms with Crippen LogP contribution in [-0.4, -0.2) is 26.3 Å². The van der Waals surface area contributed by atoms with Crippen molar-refractivity contribution in [3.8, 4) is 5.69 Å². The van der Waals surface area contributed by atoms with Crippen molar-refractivity contribution in [2.45, 2.75) is 26.3 Å². The van der Waals surface area contributed by atoms with E-state index in [-0.39, 0.29) is 0 Å². The standard InChI is InChI=1S/C19H19F3N4S/c1-14-5-3-4-6-17(14)25-12-23-26(18(25)27)13-24(2)11-15-7-9-16(10-8-15)19(20,21)22/h3-10,12H,11,13H2,1-2H3. The van der Waals surface area contributed by atoms with E-state index in [1.54, 1.807) is 11.0 Å². The van der Waals surface area contributed by atoms with Crippen molar-refractivity contribution in [1.29, 1.82) is 0 Å². The molecule has 0 fully saturated rings. The molecule has 27 heavy (non-hydrogen) atoms. The number of alkyl halides is 3. The van der Waals surface area contributed by atoms with Gasteiger partial charge in [-0.3, -0.25) is 9.47 Å². The first kappa shape index (κ1) is 19.3. The van der Waals surface area contributed by atoms with E-state index in [0.29, 0.717) is 18.0 Å². The summed E-state index contributed by atoms with van der Waals surface area (Å²) in [6.45, 7) is 2.92. The Balaban J connectivity index is 1.71. The van der Waals surface area contributed by atoms with Crippen LogP contribution in [0.1, 0.15) is 16.7 Å². The monoisotopic (exact) mass is 392 g/mol. The smallest absolute Gasteiger partial charge is 0.283 e. The summed E-state index contributed by atoms with van der Waals surface area (Å²) >= 11 is 5.52. The molecule has 1 heterocycles. The number of nitrogens with zero attached hydrogens (tertiary/aromatic N) is 4. The summed E-state index contributed by atoms with van der Waals surface area (Å²) in [5, 5.41) is 4.35. The number of halogens is 3. The van der Waals surface area contributed by atoms with Crippen LogP contribution in [0, 0.1) is 11.7 Å². The summed E-state index contributed by atoms with van der Waals surface area (Å²) in [6.07, 6.45) is -2.64. The minimum absolute atomic E-state index is 0.429. The van der Waals surface area contributed by atoms with E-state index in [1.807, 2.05) is 47.7 Å². The van der Waals surface area contributed by atoms with Crippen molar-refractivity contribution in [2.24, 2.45) is 0 Å². The Hall–Kier alpha value is -2.45. The molecule has 0 aliphatic heterocycles. The molecule has 0 spiro atoms. The summed E-state index contributed by atoms with van der Waals surface area (Å²) < 4.78 is 42.0. The fraction of sp³-hybridized carbons (Fsp3) is 0.263. The fourth-order valence-electron chi connectivity index (χ4n) is 2.82. The SMILES string of the molecule is Cc1ccccc1-n1cnn(CN(C)Cc2ccc(C(F)(F)F)cc2)c1=S. The van der Waals surface area contributed by atoms with Crippen molar-refractivity contribution in [2.75, 3.05) is 7.05 Å². The Bertz CT molecular complexity index is 974. The topological polar surface area (TPSA) is 26.0 Å². The highest BCUT2D eigenvalue weighted by atomic mass is 32.1. The summed E-state index contributed by atoms with van der Waals surface area (Å²) in [4.78, 5) is 1.94. The van der Waals surface area contributed by atoms with E-state index < -0.39 is 11.7 Å². The van der Waals surface area contributed by atoms with Gasteiger partial charge in [-0.1, -0.05) is 30.3 Å². The minimum atomic E-state index is -4.32. The highest BCUT2D eigenvalue weighted by Gasteiger charge is 2.29. The number of para-hydroxylation sites is 1. The van der Waals surface area contributed by atoms with Gasteiger partial charge in [0.1, 0.15) is 6.33 Å². The van der Waals surface area contributed by atoms with Crippen molar-refractivity contribution >= 4 is 12.2 Å². The first-order valence-corrected chi connectivity index (χ1v) is 8.71. The molecular weight excluding hydrogens is 373 g/mol. The normalized spacial score (nSPS) is 11.9. The average molecular weight is 392 g/mol.